The van der Waals surface area contributed by atoms with E-state index in [9.17, 15) is 4.79 Å². The molecule has 3 aromatic heterocycles. The van der Waals surface area contributed by atoms with Gasteiger partial charge in [-0.05, 0) is 38.2 Å². The van der Waals surface area contributed by atoms with Crippen LogP contribution >= 0.6 is 11.3 Å². The van der Waals surface area contributed by atoms with E-state index in [0.717, 1.165) is 46.3 Å². The lowest BCUT2D eigenvalue weighted by Gasteiger charge is -2.24. The molecular formula is C24H31N5O2S. The van der Waals surface area contributed by atoms with E-state index in [1.165, 1.54) is 32.1 Å². The summed E-state index contributed by atoms with van der Waals surface area (Å²) >= 11 is 1.55. The molecule has 0 spiro atoms. The summed E-state index contributed by atoms with van der Waals surface area (Å²) in [4.78, 5) is 26.3. The molecule has 1 N–H and O–H groups in total. The van der Waals surface area contributed by atoms with Gasteiger partial charge in [-0.2, -0.15) is 0 Å². The number of ether oxygens (including phenoxy) is 1. The van der Waals surface area contributed by atoms with Crippen molar-refractivity contribution in [3.63, 3.8) is 0 Å². The van der Waals surface area contributed by atoms with Gasteiger partial charge in [0, 0.05) is 50.3 Å². The number of amides is 1. The van der Waals surface area contributed by atoms with Crippen LogP contribution in [0.15, 0.2) is 30.0 Å². The van der Waals surface area contributed by atoms with Crippen molar-refractivity contribution in [2.75, 3.05) is 20.3 Å². The van der Waals surface area contributed by atoms with Gasteiger partial charge >= 0.3 is 0 Å². The van der Waals surface area contributed by atoms with Crippen molar-refractivity contribution in [3.8, 4) is 22.1 Å². The number of nitrogens with one attached hydrogen (secondary N) is 1. The highest BCUT2D eigenvalue weighted by Crippen LogP contribution is 2.33. The minimum atomic E-state index is -0.0355. The van der Waals surface area contributed by atoms with E-state index in [-0.39, 0.29) is 5.91 Å². The average molecular weight is 454 g/mol. The molecule has 0 bridgehead atoms. The Kier molecular flexibility index (Phi) is 7.65. The fourth-order valence-electron chi connectivity index (χ4n) is 4.38. The van der Waals surface area contributed by atoms with Crippen LogP contribution in [0.25, 0.3) is 22.1 Å². The van der Waals surface area contributed by atoms with Crippen LogP contribution in [0.5, 0.6) is 0 Å². The van der Waals surface area contributed by atoms with Crippen molar-refractivity contribution in [2.24, 2.45) is 5.92 Å². The first-order valence-corrected chi connectivity index (χ1v) is 12.2. The first-order valence-electron chi connectivity index (χ1n) is 11.4. The van der Waals surface area contributed by atoms with E-state index in [1.807, 2.05) is 13.0 Å². The number of hydrogen-bond acceptors (Lipinski definition) is 6. The Morgan fingerprint density at radius 3 is 2.84 bits per heavy atom. The monoisotopic (exact) mass is 453 g/mol. The zero-order valence-electron chi connectivity index (χ0n) is 18.8. The van der Waals surface area contributed by atoms with E-state index in [2.05, 4.69) is 25.2 Å². The normalized spacial score (nSPS) is 14.6. The van der Waals surface area contributed by atoms with E-state index < -0.39 is 0 Å². The quantitative estimate of drug-likeness (QED) is 0.474. The number of thiazole rings is 1. The molecule has 0 atom stereocenters. The Hall–Kier alpha value is -2.58. The summed E-state index contributed by atoms with van der Waals surface area (Å²) in [5, 5.41) is 5.92. The Labute approximate surface area is 193 Å². The molecule has 3 aromatic rings. The van der Waals surface area contributed by atoms with Gasteiger partial charge in [-0.25, -0.2) is 4.98 Å². The summed E-state index contributed by atoms with van der Waals surface area (Å²) in [7, 11) is 1.67. The first-order chi connectivity index (χ1) is 15.7. The molecule has 1 aliphatic carbocycles. The Balaban J connectivity index is 1.63. The molecule has 0 aromatic carbocycles. The molecule has 1 fully saturated rings. The van der Waals surface area contributed by atoms with Gasteiger partial charge < -0.3 is 14.6 Å². The highest BCUT2D eigenvalue weighted by atomic mass is 32.1. The molecule has 4 rings (SSSR count). The molecule has 0 unspecified atom stereocenters. The van der Waals surface area contributed by atoms with Gasteiger partial charge in [-0.3, -0.25) is 14.8 Å². The second kappa shape index (κ2) is 10.8. The number of carbonyl (C=O) groups excluding carboxylic acids is 1. The summed E-state index contributed by atoms with van der Waals surface area (Å²) in [5.41, 5.74) is 4.38. The predicted molar refractivity (Wildman–Crippen MR) is 127 cm³/mol. The number of methoxy groups -OCH3 is 1. The van der Waals surface area contributed by atoms with Crippen molar-refractivity contribution >= 4 is 17.2 Å². The van der Waals surface area contributed by atoms with Crippen LogP contribution < -0.4 is 5.32 Å². The van der Waals surface area contributed by atoms with Gasteiger partial charge in [-0.15, -0.1) is 11.3 Å². The molecule has 7 nitrogen and oxygen atoms in total. The van der Waals surface area contributed by atoms with Crippen molar-refractivity contribution in [2.45, 2.75) is 52.0 Å². The second-order valence-corrected chi connectivity index (χ2v) is 9.23. The fourth-order valence-corrected chi connectivity index (χ4v) is 5.16. The van der Waals surface area contributed by atoms with Crippen LogP contribution in [0.1, 0.15) is 54.6 Å². The van der Waals surface area contributed by atoms with Crippen LogP contribution in [-0.2, 0) is 11.3 Å². The number of hydrogen-bond donors (Lipinski definition) is 1. The van der Waals surface area contributed by atoms with Crippen LogP contribution in [0.2, 0.25) is 0 Å². The summed E-state index contributed by atoms with van der Waals surface area (Å²) < 4.78 is 7.39. The topological polar surface area (TPSA) is 81.9 Å². The van der Waals surface area contributed by atoms with Gasteiger partial charge in [0.2, 0.25) is 0 Å². The van der Waals surface area contributed by atoms with Gasteiger partial charge in [0.25, 0.3) is 5.91 Å². The molecule has 0 radical (unpaired) electrons. The van der Waals surface area contributed by atoms with Crippen molar-refractivity contribution < 1.29 is 9.53 Å². The predicted octanol–water partition coefficient (Wildman–Crippen LogP) is 4.72. The standard InChI is InChI=1S/C24H31N5O2S/c1-17-19(23(30)27-9-6-12-31-2)13-22(29(17)15-18-7-4-3-5-8-18)21-16-32-24(28-21)20-14-25-10-11-26-20/h10-11,13-14,16,18H,3-9,12,15H2,1-2H3,(H,27,30). The molecule has 3 heterocycles. The fraction of sp³-hybridized carbons (Fsp3) is 0.500. The number of rotatable bonds is 9. The first kappa shape index (κ1) is 22.6. The maximum Gasteiger partial charge on any atom is 0.253 e. The van der Waals surface area contributed by atoms with E-state index >= 15 is 0 Å². The minimum absolute atomic E-state index is 0.0355. The highest BCUT2D eigenvalue weighted by molar-refractivity contribution is 7.13. The largest absolute Gasteiger partial charge is 0.385 e. The van der Waals surface area contributed by atoms with Crippen molar-refractivity contribution in [1.29, 1.82) is 0 Å². The number of nitrogens with zero attached hydrogens (tertiary/aromatic N) is 4. The minimum Gasteiger partial charge on any atom is -0.385 e. The summed E-state index contributed by atoms with van der Waals surface area (Å²) in [6.07, 6.45) is 12.3. The lowest BCUT2D eigenvalue weighted by Crippen LogP contribution is -2.25. The summed E-state index contributed by atoms with van der Waals surface area (Å²) in [6, 6.07) is 2.00. The highest BCUT2D eigenvalue weighted by Gasteiger charge is 2.23. The van der Waals surface area contributed by atoms with Gasteiger partial charge in [-0.1, -0.05) is 19.3 Å². The molecule has 1 saturated carbocycles. The van der Waals surface area contributed by atoms with Gasteiger partial charge in [0.1, 0.15) is 10.7 Å². The van der Waals surface area contributed by atoms with Crippen LogP contribution in [0, 0.1) is 12.8 Å². The zero-order chi connectivity index (χ0) is 22.3. The van der Waals surface area contributed by atoms with E-state index in [4.69, 9.17) is 9.72 Å². The van der Waals surface area contributed by atoms with E-state index in [1.54, 1.807) is 37.0 Å². The van der Waals surface area contributed by atoms with Crippen molar-refractivity contribution in [3.05, 3.63) is 41.3 Å². The molecule has 0 aliphatic heterocycles. The van der Waals surface area contributed by atoms with Gasteiger partial charge in [0.05, 0.1) is 23.1 Å². The number of aromatic nitrogens is 4. The molecule has 1 amide bonds. The lowest BCUT2D eigenvalue weighted by atomic mass is 9.89. The molecular weight excluding hydrogens is 422 g/mol. The van der Waals surface area contributed by atoms with Crippen LogP contribution in [-0.4, -0.2) is 45.7 Å². The lowest BCUT2D eigenvalue weighted by molar-refractivity contribution is 0.0948. The third-order valence-corrected chi connectivity index (χ3v) is 7.00. The Morgan fingerprint density at radius 2 is 2.09 bits per heavy atom. The zero-order valence-corrected chi connectivity index (χ0v) is 19.7. The summed E-state index contributed by atoms with van der Waals surface area (Å²) in [6.45, 7) is 4.21. The maximum atomic E-state index is 12.9. The molecule has 170 valence electrons. The van der Waals surface area contributed by atoms with Gasteiger partial charge in [0.15, 0.2) is 0 Å². The number of carbonyl (C=O) groups is 1. The maximum absolute atomic E-state index is 12.9. The molecule has 0 saturated heterocycles. The smallest absolute Gasteiger partial charge is 0.253 e. The molecule has 1 aliphatic rings. The van der Waals surface area contributed by atoms with E-state index in [0.29, 0.717) is 19.1 Å². The molecule has 8 heteroatoms. The second-order valence-electron chi connectivity index (χ2n) is 8.37. The molecule has 32 heavy (non-hydrogen) atoms. The average Bonchev–Trinajstić information content (AvgIpc) is 3.43. The Morgan fingerprint density at radius 1 is 1.25 bits per heavy atom. The van der Waals surface area contributed by atoms with Crippen LogP contribution in [0.4, 0.5) is 0 Å². The third kappa shape index (κ3) is 5.24. The Bertz CT molecular complexity index is 1020. The van der Waals surface area contributed by atoms with Crippen LogP contribution in [0.3, 0.4) is 0 Å². The SMILES string of the molecule is COCCCNC(=O)c1cc(-c2csc(-c3cnccn3)n2)n(CC2CCCCC2)c1C. The summed E-state index contributed by atoms with van der Waals surface area (Å²) in [5.74, 6) is 0.607. The third-order valence-electron chi connectivity index (χ3n) is 6.14. The van der Waals surface area contributed by atoms with Crippen molar-refractivity contribution in [1.82, 2.24) is 24.8 Å².